The van der Waals surface area contributed by atoms with E-state index in [-0.39, 0.29) is 12.0 Å². The predicted molar refractivity (Wildman–Crippen MR) is 75.4 cm³/mol. The van der Waals surface area contributed by atoms with Crippen molar-refractivity contribution in [3.05, 3.63) is 22.4 Å². The summed E-state index contributed by atoms with van der Waals surface area (Å²) >= 11 is 1.51. The third kappa shape index (κ3) is 2.68. The molecule has 1 saturated carbocycles. The van der Waals surface area contributed by atoms with Crippen molar-refractivity contribution in [1.29, 1.82) is 0 Å². The summed E-state index contributed by atoms with van der Waals surface area (Å²) in [4.78, 5) is 17.3. The second kappa shape index (κ2) is 5.61. The molecule has 3 rings (SSSR count). The van der Waals surface area contributed by atoms with Crippen LogP contribution in [0.25, 0.3) is 0 Å². The Hall–Kier alpha value is -0.910. The van der Waals surface area contributed by atoms with Crippen LogP contribution in [0.2, 0.25) is 0 Å². The molecule has 4 nitrogen and oxygen atoms in total. The zero-order chi connectivity index (χ0) is 13.2. The number of hydrogen-bond donors (Lipinski definition) is 1. The van der Waals surface area contributed by atoms with Crippen molar-refractivity contribution in [1.82, 2.24) is 9.80 Å². The fraction of sp³-hybridized carbons (Fsp3) is 0.643. The van der Waals surface area contributed by atoms with Gasteiger partial charge in [0, 0.05) is 32.2 Å². The van der Waals surface area contributed by atoms with Gasteiger partial charge in [-0.25, -0.2) is 0 Å². The highest BCUT2D eigenvalue weighted by Gasteiger charge is 2.33. The van der Waals surface area contributed by atoms with Crippen molar-refractivity contribution in [2.75, 3.05) is 26.2 Å². The first-order valence-corrected chi connectivity index (χ1v) is 7.88. The molecular formula is C14H20N2O2S. The Labute approximate surface area is 117 Å². The van der Waals surface area contributed by atoms with Crippen LogP contribution in [0, 0.1) is 0 Å². The molecule has 0 aromatic carbocycles. The molecule has 104 valence electrons. The van der Waals surface area contributed by atoms with E-state index in [0.717, 1.165) is 50.3 Å². The molecule has 1 saturated heterocycles. The Morgan fingerprint density at radius 3 is 2.63 bits per heavy atom. The molecule has 1 aromatic heterocycles. The van der Waals surface area contributed by atoms with Gasteiger partial charge in [0.15, 0.2) is 0 Å². The first-order valence-electron chi connectivity index (χ1n) is 7.00. The van der Waals surface area contributed by atoms with Gasteiger partial charge in [-0.3, -0.25) is 9.69 Å². The zero-order valence-corrected chi connectivity index (χ0v) is 11.8. The number of aliphatic hydroxyl groups excluding tert-OH is 1. The van der Waals surface area contributed by atoms with Crippen molar-refractivity contribution in [3.8, 4) is 0 Å². The largest absolute Gasteiger partial charge is 0.391 e. The van der Waals surface area contributed by atoms with E-state index >= 15 is 0 Å². The average Bonchev–Trinajstić information content (AvgIpc) is 3.09. The van der Waals surface area contributed by atoms with Gasteiger partial charge < -0.3 is 10.0 Å². The van der Waals surface area contributed by atoms with Gasteiger partial charge in [-0.05, 0) is 30.7 Å². The van der Waals surface area contributed by atoms with E-state index in [0.29, 0.717) is 6.04 Å². The van der Waals surface area contributed by atoms with Gasteiger partial charge in [0.25, 0.3) is 5.91 Å². The van der Waals surface area contributed by atoms with Crippen molar-refractivity contribution in [2.45, 2.75) is 31.4 Å². The number of hydrogen-bond acceptors (Lipinski definition) is 4. The molecule has 2 aliphatic rings. The number of carbonyl (C=O) groups is 1. The van der Waals surface area contributed by atoms with Crippen LogP contribution >= 0.6 is 11.3 Å². The predicted octanol–water partition coefficient (Wildman–Crippen LogP) is 1.42. The molecule has 0 unspecified atom stereocenters. The molecule has 0 spiro atoms. The molecule has 0 radical (unpaired) electrons. The van der Waals surface area contributed by atoms with Crippen LogP contribution in [-0.4, -0.2) is 59.1 Å². The molecule has 1 aliphatic heterocycles. The molecule has 1 aliphatic carbocycles. The summed E-state index contributed by atoms with van der Waals surface area (Å²) in [6.45, 7) is 3.33. The smallest absolute Gasteiger partial charge is 0.264 e. The van der Waals surface area contributed by atoms with Crippen LogP contribution in [0.15, 0.2) is 17.5 Å². The highest BCUT2D eigenvalue weighted by atomic mass is 32.1. The SMILES string of the molecule is O=C(c1cccs1)N1CCN([C@H]2CCC[C@@H]2O)CC1. The summed E-state index contributed by atoms with van der Waals surface area (Å²) < 4.78 is 0. The molecular weight excluding hydrogens is 260 g/mol. The van der Waals surface area contributed by atoms with Gasteiger partial charge in [0.1, 0.15) is 0 Å². The van der Waals surface area contributed by atoms with Crippen LogP contribution in [0.5, 0.6) is 0 Å². The third-order valence-electron chi connectivity index (χ3n) is 4.25. The fourth-order valence-electron chi connectivity index (χ4n) is 3.16. The first kappa shape index (κ1) is 13.1. The van der Waals surface area contributed by atoms with Crippen molar-refractivity contribution >= 4 is 17.2 Å². The maximum atomic E-state index is 12.2. The second-order valence-electron chi connectivity index (χ2n) is 5.37. The molecule has 19 heavy (non-hydrogen) atoms. The van der Waals surface area contributed by atoms with E-state index in [1.807, 2.05) is 22.4 Å². The Morgan fingerprint density at radius 1 is 1.26 bits per heavy atom. The molecule has 2 atom stereocenters. The number of carbonyl (C=O) groups excluding carboxylic acids is 1. The maximum absolute atomic E-state index is 12.2. The number of amides is 1. The van der Waals surface area contributed by atoms with Gasteiger partial charge >= 0.3 is 0 Å². The molecule has 5 heteroatoms. The van der Waals surface area contributed by atoms with Gasteiger partial charge in [-0.1, -0.05) is 6.07 Å². The minimum Gasteiger partial charge on any atom is -0.391 e. The highest BCUT2D eigenvalue weighted by molar-refractivity contribution is 7.12. The molecule has 0 bridgehead atoms. The van der Waals surface area contributed by atoms with Crippen molar-refractivity contribution in [3.63, 3.8) is 0 Å². The van der Waals surface area contributed by atoms with Crippen molar-refractivity contribution in [2.24, 2.45) is 0 Å². The van der Waals surface area contributed by atoms with Crippen LogP contribution in [0.4, 0.5) is 0 Å². The van der Waals surface area contributed by atoms with Crippen LogP contribution in [-0.2, 0) is 0 Å². The fourth-order valence-corrected chi connectivity index (χ4v) is 3.85. The van der Waals surface area contributed by atoms with Gasteiger partial charge in [-0.15, -0.1) is 11.3 Å². The van der Waals surface area contributed by atoms with Crippen molar-refractivity contribution < 1.29 is 9.90 Å². The van der Waals surface area contributed by atoms with E-state index < -0.39 is 0 Å². The van der Waals surface area contributed by atoms with E-state index in [4.69, 9.17) is 0 Å². The Kier molecular flexibility index (Phi) is 3.86. The van der Waals surface area contributed by atoms with E-state index in [1.54, 1.807) is 0 Å². The second-order valence-corrected chi connectivity index (χ2v) is 6.32. The minimum absolute atomic E-state index is 0.154. The molecule has 2 fully saturated rings. The number of aliphatic hydroxyl groups is 1. The van der Waals surface area contributed by atoms with Crippen LogP contribution in [0.3, 0.4) is 0 Å². The number of piperazine rings is 1. The average molecular weight is 280 g/mol. The summed E-state index contributed by atoms with van der Waals surface area (Å²) in [5, 5.41) is 11.9. The molecule has 1 amide bonds. The first-order chi connectivity index (χ1) is 9.25. The topological polar surface area (TPSA) is 43.8 Å². The number of thiophene rings is 1. The zero-order valence-electron chi connectivity index (χ0n) is 11.0. The molecule has 1 aromatic rings. The lowest BCUT2D eigenvalue weighted by atomic mass is 10.1. The van der Waals surface area contributed by atoms with E-state index in [9.17, 15) is 9.90 Å². The normalized spacial score (nSPS) is 28.8. The lowest BCUT2D eigenvalue weighted by Crippen LogP contribution is -2.53. The monoisotopic (exact) mass is 280 g/mol. The lowest BCUT2D eigenvalue weighted by molar-refractivity contribution is 0.0318. The summed E-state index contributed by atoms with van der Waals surface area (Å²) in [5.74, 6) is 0.154. The third-order valence-corrected chi connectivity index (χ3v) is 5.10. The summed E-state index contributed by atoms with van der Waals surface area (Å²) in [7, 11) is 0. The molecule has 1 N–H and O–H groups in total. The standard InChI is InChI=1S/C14H20N2O2S/c17-12-4-1-3-11(12)15-6-8-16(9-7-15)14(18)13-5-2-10-19-13/h2,5,10-12,17H,1,3-4,6-9H2/t11-,12-/m0/s1. The Balaban J connectivity index is 1.56. The summed E-state index contributed by atoms with van der Waals surface area (Å²) in [6.07, 6.45) is 2.98. The lowest BCUT2D eigenvalue weighted by Gasteiger charge is -2.38. The van der Waals surface area contributed by atoms with Gasteiger partial charge in [0.2, 0.25) is 0 Å². The van der Waals surface area contributed by atoms with Crippen LogP contribution < -0.4 is 0 Å². The summed E-state index contributed by atoms with van der Waals surface area (Å²) in [5.41, 5.74) is 0. The Bertz CT molecular complexity index is 427. The van der Waals surface area contributed by atoms with Crippen LogP contribution in [0.1, 0.15) is 28.9 Å². The van der Waals surface area contributed by atoms with Gasteiger partial charge in [-0.2, -0.15) is 0 Å². The number of rotatable bonds is 2. The Morgan fingerprint density at radius 2 is 2.05 bits per heavy atom. The quantitative estimate of drug-likeness (QED) is 0.891. The highest BCUT2D eigenvalue weighted by Crippen LogP contribution is 2.25. The molecule has 2 heterocycles. The van der Waals surface area contributed by atoms with Gasteiger partial charge in [0.05, 0.1) is 11.0 Å². The van der Waals surface area contributed by atoms with E-state index in [1.165, 1.54) is 11.3 Å². The summed E-state index contributed by atoms with van der Waals surface area (Å²) in [6, 6.07) is 4.13. The number of nitrogens with zero attached hydrogens (tertiary/aromatic N) is 2. The maximum Gasteiger partial charge on any atom is 0.264 e. The minimum atomic E-state index is -0.167. The van der Waals surface area contributed by atoms with E-state index in [2.05, 4.69) is 4.90 Å².